The average molecular weight is 937 g/mol. The van der Waals surface area contributed by atoms with E-state index in [0.717, 1.165) is 55.2 Å². The fourth-order valence-electron chi connectivity index (χ4n) is 5.43. The van der Waals surface area contributed by atoms with E-state index >= 15 is 0 Å². The van der Waals surface area contributed by atoms with Gasteiger partial charge in [0.15, 0.2) is 0 Å². The van der Waals surface area contributed by atoms with Crippen LogP contribution >= 0.6 is 0 Å². The van der Waals surface area contributed by atoms with E-state index in [1.807, 2.05) is 60.7 Å². The van der Waals surface area contributed by atoms with Crippen LogP contribution in [0.3, 0.4) is 0 Å². The molecule has 8 nitrogen and oxygen atoms in total. The molecule has 0 aliphatic carbocycles. The van der Waals surface area contributed by atoms with Crippen LogP contribution in [0.5, 0.6) is 11.5 Å². The summed E-state index contributed by atoms with van der Waals surface area (Å²) < 4.78 is 13.6. The Morgan fingerprint density at radius 3 is 1.43 bits per heavy atom. The fourth-order valence-corrected chi connectivity index (χ4v) is 5.43. The van der Waals surface area contributed by atoms with E-state index < -0.39 is 0 Å². The van der Waals surface area contributed by atoms with Crippen LogP contribution < -0.4 is 10.6 Å². The van der Waals surface area contributed by atoms with E-state index in [1.165, 1.54) is 0 Å². The van der Waals surface area contributed by atoms with Crippen LogP contribution in [0.4, 0.5) is 0 Å². The van der Waals surface area contributed by atoms with E-state index in [2.05, 4.69) is 94.3 Å². The maximum Gasteiger partial charge on any atom is 2.00 e. The summed E-state index contributed by atoms with van der Waals surface area (Å²) in [6.45, 7) is 0. The number of hydrogen-bond donors (Lipinski definition) is 1. The standard InChI is InChI=1S/C34H20N4O.H2N2O.2Pt/c1-3-11-29-25(9-1)27-17-15-23(21-31(27)37(29)33-13-5-7-19-35-33)39-24-16-18-28-26-10-2-4-12-30(26)38(32(28)22-24)34-14-6-8-20-36-34;1-3-2;;/h1-20H;1H2;;/q-2;;;+2. The molecule has 0 unspecified atom stereocenters. The molecule has 0 atom stereocenters. The number of nitrogens with zero attached hydrogens (tertiary/aromatic N) is 5. The number of benzene rings is 4. The van der Waals surface area contributed by atoms with Gasteiger partial charge in [0, 0.05) is 34.9 Å². The summed E-state index contributed by atoms with van der Waals surface area (Å²) in [5.74, 6) is 7.25. The molecule has 8 rings (SSSR count). The molecule has 4 heterocycles. The number of rotatable bonds is 5. The molecule has 0 saturated heterocycles. The SMILES string of the molecule is NO[N]=[Pt].[Pt+2].[c-]1c(Oc2[c-]c3c(cc2)c2ccccc2n3-c2ccccn2)ccc2c3ccccc3n(-c3ccccn3)c12. The third-order valence-corrected chi connectivity index (χ3v) is 7.36. The topological polar surface area (TPSA) is 92.5 Å². The molecule has 0 amide bonds. The number of nitrogens with two attached hydrogens (primary N) is 1. The van der Waals surface area contributed by atoms with Crippen molar-refractivity contribution >= 4 is 43.6 Å². The van der Waals surface area contributed by atoms with E-state index in [9.17, 15) is 0 Å². The van der Waals surface area contributed by atoms with Gasteiger partial charge in [-0.2, -0.15) is 12.1 Å². The zero-order valence-electron chi connectivity index (χ0n) is 22.8. The fraction of sp³-hybridized carbons (Fsp3) is 0. The van der Waals surface area contributed by atoms with Crippen molar-refractivity contribution in [2.75, 3.05) is 0 Å². The van der Waals surface area contributed by atoms with Gasteiger partial charge < -0.3 is 13.9 Å². The van der Waals surface area contributed by atoms with Crippen molar-refractivity contribution in [2.45, 2.75) is 0 Å². The predicted molar refractivity (Wildman–Crippen MR) is 163 cm³/mol. The maximum atomic E-state index is 6.39. The molecule has 0 aliphatic rings. The first-order valence-corrected chi connectivity index (χ1v) is 14.3. The largest absolute Gasteiger partial charge is 2.00 e. The van der Waals surface area contributed by atoms with Crippen LogP contribution in [0.2, 0.25) is 0 Å². The van der Waals surface area contributed by atoms with E-state index in [4.69, 9.17) is 4.74 Å². The van der Waals surface area contributed by atoms with Crippen LogP contribution in [-0.2, 0) is 45.6 Å². The quantitative estimate of drug-likeness (QED) is 0.142. The van der Waals surface area contributed by atoms with Crippen LogP contribution in [0.1, 0.15) is 0 Å². The van der Waals surface area contributed by atoms with Gasteiger partial charge >= 0.3 is 55.2 Å². The van der Waals surface area contributed by atoms with E-state index in [-0.39, 0.29) is 21.1 Å². The Morgan fingerprint density at radius 1 is 0.591 bits per heavy atom. The summed E-state index contributed by atoms with van der Waals surface area (Å²) in [7, 11) is 0. The molecule has 0 bridgehead atoms. The molecule has 44 heavy (non-hydrogen) atoms. The predicted octanol–water partition coefficient (Wildman–Crippen LogP) is 7.58. The van der Waals surface area contributed by atoms with Gasteiger partial charge in [-0.05, 0) is 47.2 Å². The molecule has 10 heteroatoms. The van der Waals surface area contributed by atoms with E-state index in [1.54, 1.807) is 32.0 Å². The molecule has 0 spiro atoms. The number of aromatic nitrogens is 4. The second kappa shape index (κ2) is 13.1. The smallest absolute Gasteiger partial charge is 0.509 e. The minimum Gasteiger partial charge on any atom is -0.509 e. The number of fused-ring (bicyclic) bond motifs is 6. The molecule has 220 valence electrons. The minimum atomic E-state index is 0. The molecular weight excluding hydrogens is 915 g/mol. The van der Waals surface area contributed by atoms with Gasteiger partial charge in [-0.3, -0.25) is 0 Å². The van der Waals surface area contributed by atoms with Crippen molar-refractivity contribution in [1.82, 2.24) is 19.1 Å². The molecule has 4 aromatic heterocycles. The second-order valence-electron chi connectivity index (χ2n) is 9.52. The summed E-state index contributed by atoms with van der Waals surface area (Å²) in [6.07, 6.45) is 3.61. The Bertz CT molecular complexity index is 2080. The van der Waals surface area contributed by atoms with Crippen molar-refractivity contribution < 1.29 is 50.4 Å². The van der Waals surface area contributed by atoms with E-state index in [0.29, 0.717) is 11.5 Å². The van der Waals surface area contributed by atoms with Crippen molar-refractivity contribution in [1.29, 1.82) is 0 Å². The molecule has 0 saturated carbocycles. The summed E-state index contributed by atoms with van der Waals surface area (Å²) in [5.41, 5.74) is 3.98. The minimum absolute atomic E-state index is 0. The van der Waals surface area contributed by atoms with Crippen molar-refractivity contribution in [3.05, 3.63) is 134 Å². The summed E-state index contributed by atoms with van der Waals surface area (Å²) >= 11 is 1.62. The average Bonchev–Trinajstić information content (AvgIpc) is 3.58. The first-order valence-electron chi connectivity index (χ1n) is 13.3. The van der Waals surface area contributed by atoms with Gasteiger partial charge in [-0.25, -0.2) is 9.97 Å². The zero-order chi connectivity index (χ0) is 29.2. The maximum absolute atomic E-state index is 6.39. The molecule has 0 aliphatic heterocycles. The van der Waals surface area contributed by atoms with Crippen LogP contribution in [0.15, 0.2) is 125 Å². The summed E-state index contributed by atoms with van der Waals surface area (Å²) in [5, 5.41) is 4.49. The zero-order valence-corrected chi connectivity index (χ0v) is 27.4. The summed E-state index contributed by atoms with van der Waals surface area (Å²) in [6, 6.07) is 43.6. The van der Waals surface area contributed by atoms with Gasteiger partial charge in [-0.15, -0.1) is 35.0 Å². The van der Waals surface area contributed by atoms with Crippen LogP contribution in [-0.4, -0.2) is 19.1 Å². The molecule has 0 radical (unpaired) electrons. The third-order valence-electron chi connectivity index (χ3n) is 7.12. The molecular formula is C34H22N6O2Pt2. The first-order chi connectivity index (χ1) is 21.3. The van der Waals surface area contributed by atoms with Gasteiger partial charge in [0.05, 0.1) is 0 Å². The number of pyridine rings is 2. The van der Waals surface area contributed by atoms with Crippen LogP contribution in [0.25, 0.3) is 55.2 Å². The Kier molecular flexibility index (Phi) is 8.87. The molecule has 2 N–H and O–H groups in total. The van der Waals surface area contributed by atoms with Crippen molar-refractivity contribution in [3.8, 4) is 23.1 Å². The van der Waals surface area contributed by atoms with Gasteiger partial charge in [0.2, 0.25) is 0 Å². The Morgan fingerprint density at radius 2 is 1.02 bits per heavy atom. The Balaban J connectivity index is 0.000000649. The third kappa shape index (κ3) is 5.42. The molecule has 4 aromatic carbocycles. The van der Waals surface area contributed by atoms with Crippen molar-refractivity contribution in [2.24, 2.45) is 9.56 Å². The van der Waals surface area contributed by atoms with Crippen molar-refractivity contribution in [3.63, 3.8) is 0 Å². The first kappa shape index (κ1) is 29.7. The number of hydrogen-bond acceptors (Lipinski definition) is 6. The van der Waals surface area contributed by atoms with Gasteiger partial charge in [0.1, 0.15) is 11.6 Å². The molecule has 0 fully saturated rings. The van der Waals surface area contributed by atoms with Crippen LogP contribution in [0, 0.1) is 12.1 Å². The summed E-state index contributed by atoms with van der Waals surface area (Å²) in [4.78, 5) is 12.9. The Hall–Kier alpha value is -4.32. The Labute approximate surface area is 278 Å². The molecule has 8 aromatic rings. The number of ether oxygens (including phenoxy) is 1. The normalized spacial score (nSPS) is 10.9. The second-order valence-corrected chi connectivity index (χ2v) is 9.93. The van der Waals surface area contributed by atoms with Gasteiger partial charge in [-0.1, -0.05) is 59.6 Å². The number of para-hydroxylation sites is 2. The monoisotopic (exact) mass is 936 g/mol. The van der Waals surface area contributed by atoms with Gasteiger partial charge in [0.25, 0.3) is 0 Å².